The van der Waals surface area contributed by atoms with E-state index in [0.717, 1.165) is 39.0 Å². The number of hydrogen-bond acceptors (Lipinski definition) is 5. The Labute approximate surface area is 171 Å². The average molecular weight is 412 g/mol. The predicted molar refractivity (Wildman–Crippen MR) is 108 cm³/mol. The van der Waals surface area contributed by atoms with E-state index in [1.807, 2.05) is 11.9 Å². The second kappa shape index (κ2) is 8.28. The van der Waals surface area contributed by atoms with Crippen molar-refractivity contribution in [2.24, 2.45) is 11.3 Å². The summed E-state index contributed by atoms with van der Waals surface area (Å²) >= 11 is 0. The summed E-state index contributed by atoms with van der Waals surface area (Å²) in [5.74, 6) is 0.221. The van der Waals surface area contributed by atoms with Crippen molar-refractivity contribution in [1.82, 2.24) is 15.3 Å². The molecule has 1 spiro atoms. The Kier molecular flexibility index (Phi) is 5.91. The maximum absolute atomic E-state index is 13.6. The lowest BCUT2D eigenvalue weighted by Crippen LogP contribution is -2.45. The third-order valence-electron chi connectivity index (χ3n) is 6.94. The zero-order chi connectivity index (χ0) is 20.5. The fourth-order valence-corrected chi connectivity index (χ4v) is 5.37. The van der Waals surface area contributed by atoms with E-state index >= 15 is 0 Å². The predicted octanol–water partition coefficient (Wildman–Crippen LogP) is 4.09. The van der Waals surface area contributed by atoms with Crippen LogP contribution in [0, 0.1) is 11.3 Å². The number of halogens is 3. The van der Waals surface area contributed by atoms with Gasteiger partial charge in [0.1, 0.15) is 11.6 Å². The van der Waals surface area contributed by atoms with Crippen LogP contribution >= 0.6 is 0 Å². The summed E-state index contributed by atoms with van der Waals surface area (Å²) in [6.07, 6.45) is 4.81. The third kappa shape index (κ3) is 4.78. The zero-order valence-corrected chi connectivity index (χ0v) is 17.3. The number of anilines is 2. The largest absolute Gasteiger partial charge is 0.451 e. The van der Waals surface area contributed by atoms with Crippen LogP contribution in [0.25, 0.3) is 0 Å². The molecule has 1 aliphatic carbocycles. The molecule has 0 bridgehead atoms. The van der Waals surface area contributed by atoms with Gasteiger partial charge in [-0.2, -0.15) is 13.2 Å². The van der Waals surface area contributed by atoms with Crippen LogP contribution in [0.4, 0.5) is 24.8 Å². The van der Waals surface area contributed by atoms with E-state index in [9.17, 15) is 13.2 Å². The zero-order valence-electron chi connectivity index (χ0n) is 17.3. The number of rotatable bonds is 4. The number of hydrogen-bond donors (Lipinski definition) is 1. The van der Waals surface area contributed by atoms with Crippen molar-refractivity contribution in [3.63, 3.8) is 0 Å². The normalized spacial score (nSPS) is 24.8. The Balaban J connectivity index is 1.59. The molecule has 29 heavy (non-hydrogen) atoms. The van der Waals surface area contributed by atoms with Gasteiger partial charge in [-0.3, -0.25) is 0 Å². The van der Waals surface area contributed by atoms with Gasteiger partial charge in [0.15, 0.2) is 0 Å². The fraction of sp³-hybridized carbons (Fsp3) is 0.810. The van der Waals surface area contributed by atoms with Crippen LogP contribution in [0.2, 0.25) is 0 Å². The first kappa shape index (κ1) is 20.7. The molecule has 2 saturated heterocycles. The van der Waals surface area contributed by atoms with Crippen LogP contribution in [0.5, 0.6) is 0 Å². The molecule has 162 valence electrons. The lowest BCUT2D eigenvalue weighted by Gasteiger charge is -2.45. The van der Waals surface area contributed by atoms with Crippen LogP contribution < -0.4 is 15.1 Å². The minimum absolute atomic E-state index is 0.251. The van der Waals surface area contributed by atoms with Crippen molar-refractivity contribution in [1.29, 1.82) is 0 Å². The Hall–Kier alpha value is -1.57. The molecule has 8 heteroatoms. The van der Waals surface area contributed by atoms with Crippen LogP contribution in [-0.2, 0) is 6.18 Å². The summed E-state index contributed by atoms with van der Waals surface area (Å²) < 4.78 is 40.7. The van der Waals surface area contributed by atoms with Crippen molar-refractivity contribution in [2.75, 3.05) is 49.6 Å². The molecule has 1 unspecified atom stereocenters. The Bertz CT molecular complexity index is 691. The minimum Gasteiger partial charge on any atom is -0.359 e. The van der Waals surface area contributed by atoms with E-state index in [4.69, 9.17) is 0 Å². The van der Waals surface area contributed by atoms with E-state index in [1.54, 1.807) is 6.07 Å². The number of piperidine rings is 1. The molecule has 0 aromatic carbocycles. The quantitative estimate of drug-likeness (QED) is 0.809. The maximum atomic E-state index is 13.6. The second-order valence-electron chi connectivity index (χ2n) is 9.23. The Morgan fingerprint density at radius 1 is 1.17 bits per heavy atom. The molecule has 3 aliphatic rings. The molecule has 5 nitrogen and oxygen atoms in total. The van der Waals surface area contributed by atoms with E-state index in [0.29, 0.717) is 24.1 Å². The van der Waals surface area contributed by atoms with Gasteiger partial charge in [-0.15, -0.1) is 0 Å². The number of alkyl halides is 3. The summed E-state index contributed by atoms with van der Waals surface area (Å²) in [6, 6.07) is 1.76. The van der Waals surface area contributed by atoms with Gasteiger partial charge in [0.05, 0.1) is 0 Å². The molecule has 0 radical (unpaired) electrons. The highest BCUT2D eigenvalue weighted by molar-refractivity contribution is 5.51. The highest BCUT2D eigenvalue weighted by Crippen LogP contribution is 2.44. The van der Waals surface area contributed by atoms with Crippen molar-refractivity contribution in [3.05, 3.63) is 11.9 Å². The molecule has 1 saturated carbocycles. The molecule has 4 rings (SSSR count). The summed E-state index contributed by atoms with van der Waals surface area (Å²) in [5, 5.41) is 3.31. The standard InChI is InChI=1S/C21H32F3N5/c1-28(14-16-6-10-25-13-16)17-12-18(27-19(26-17)21(22,23)24)29-11-5-9-20(15-29)7-3-2-4-8-20/h12,16,25H,2-11,13-15H2,1H3. The lowest BCUT2D eigenvalue weighted by molar-refractivity contribution is -0.144. The molecule has 1 N–H and O–H groups in total. The number of aromatic nitrogens is 2. The second-order valence-corrected chi connectivity index (χ2v) is 9.23. The lowest BCUT2D eigenvalue weighted by atomic mass is 9.69. The van der Waals surface area contributed by atoms with Gasteiger partial charge in [0.25, 0.3) is 0 Å². The van der Waals surface area contributed by atoms with Gasteiger partial charge in [0, 0.05) is 32.7 Å². The van der Waals surface area contributed by atoms with Gasteiger partial charge < -0.3 is 15.1 Å². The highest BCUT2D eigenvalue weighted by atomic mass is 19.4. The van der Waals surface area contributed by atoms with Gasteiger partial charge in [-0.1, -0.05) is 19.3 Å². The number of nitrogens with one attached hydrogen (secondary N) is 1. The van der Waals surface area contributed by atoms with Gasteiger partial charge in [0.2, 0.25) is 5.82 Å². The molecule has 1 aromatic rings. The monoisotopic (exact) mass is 411 g/mol. The molecule has 1 atom stereocenters. The van der Waals surface area contributed by atoms with Crippen LogP contribution in [0.15, 0.2) is 6.07 Å². The van der Waals surface area contributed by atoms with Gasteiger partial charge in [-0.05, 0) is 56.5 Å². The van der Waals surface area contributed by atoms with Crippen molar-refractivity contribution in [2.45, 2.75) is 57.5 Å². The van der Waals surface area contributed by atoms with Crippen molar-refractivity contribution >= 4 is 11.6 Å². The molecule has 3 fully saturated rings. The van der Waals surface area contributed by atoms with E-state index in [1.165, 1.54) is 38.5 Å². The summed E-state index contributed by atoms with van der Waals surface area (Å²) in [4.78, 5) is 11.8. The summed E-state index contributed by atoms with van der Waals surface area (Å²) in [7, 11) is 1.84. The molecular weight excluding hydrogens is 379 g/mol. The van der Waals surface area contributed by atoms with E-state index in [-0.39, 0.29) is 5.41 Å². The summed E-state index contributed by atoms with van der Waals surface area (Å²) in [6.45, 7) is 4.16. The van der Waals surface area contributed by atoms with Crippen molar-refractivity contribution < 1.29 is 13.2 Å². The Morgan fingerprint density at radius 3 is 2.62 bits per heavy atom. The molecule has 3 heterocycles. The SMILES string of the molecule is CN(CC1CCNC1)c1cc(N2CCCC3(CCCCC3)C2)nc(C(F)(F)F)n1. The van der Waals surface area contributed by atoms with Crippen molar-refractivity contribution in [3.8, 4) is 0 Å². The number of nitrogens with zero attached hydrogens (tertiary/aromatic N) is 4. The molecule has 0 amide bonds. The minimum atomic E-state index is -4.54. The van der Waals surface area contributed by atoms with Gasteiger partial charge in [-0.25, -0.2) is 9.97 Å². The highest BCUT2D eigenvalue weighted by Gasteiger charge is 2.39. The molecule has 2 aliphatic heterocycles. The van der Waals surface area contributed by atoms with Crippen LogP contribution in [-0.4, -0.2) is 49.7 Å². The first-order valence-electron chi connectivity index (χ1n) is 11.0. The van der Waals surface area contributed by atoms with Crippen LogP contribution in [0.3, 0.4) is 0 Å². The van der Waals surface area contributed by atoms with E-state index < -0.39 is 12.0 Å². The molecular formula is C21H32F3N5. The van der Waals surface area contributed by atoms with Gasteiger partial charge >= 0.3 is 6.18 Å². The first-order valence-corrected chi connectivity index (χ1v) is 11.0. The first-order chi connectivity index (χ1) is 13.8. The smallest absolute Gasteiger partial charge is 0.359 e. The van der Waals surface area contributed by atoms with Crippen LogP contribution in [0.1, 0.15) is 57.2 Å². The Morgan fingerprint density at radius 2 is 1.93 bits per heavy atom. The third-order valence-corrected chi connectivity index (χ3v) is 6.94. The summed E-state index contributed by atoms with van der Waals surface area (Å²) in [5.41, 5.74) is 0.251. The topological polar surface area (TPSA) is 44.3 Å². The van der Waals surface area contributed by atoms with E-state index in [2.05, 4.69) is 20.2 Å². The average Bonchev–Trinajstić information content (AvgIpc) is 3.20. The maximum Gasteiger partial charge on any atom is 0.451 e. The molecule has 1 aromatic heterocycles. The fourth-order valence-electron chi connectivity index (χ4n) is 5.37.